The Hall–Kier alpha value is -0.370. The highest BCUT2D eigenvalue weighted by molar-refractivity contribution is 9.09. The largest absolute Gasteiger partial charge is 0.207 e. The summed E-state index contributed by atoms with van der Waals surface area (Å²) in [5.41, 5.74) is 2.88. The first-order valence-electron chi connectivity index (χ1n) is 7.64. The highest BCUT2D eigenvalue weighted by atomic mass is 79.9. The monoisotopic (exact) mass is 340 g/mol. The SMILES string of the molecule is Cc1cc(C)c(C(C)(C)C2CCC(C)CC2Br)c(F)c1. The summed E-state index contributed by atoms with van der Waals surface area (Å²) in [6.45, 7) is 10.7. The number of aryl methyl sites for hydroxylation is 2. The lowest BCUT2D eigenvalue weighted by Crippen LogP contribution is -2.39. The van der Waals surface area contributed by atoms with E-state index in [4.69, 9.17) is 0 Å². The van der Waals surface area contributed by atoms with Crippen LogP contribution in [0, 0.1) is 31.5 Å². The fourth-order valence-electron chi connectivity index (χ4n) is 4.04. The lowest BCUT2D eigenvalue weighted by molar-refractivity contribution is 0.209. The van der Waals surface area contributed by atoms with Gasteiger partial charge < -0.3 is 0 Å². The van der Waals surface area contributed by atoms with Gasteiger partial charge in [-0.05, 0) is 66.7 Å². The van der Waals surface area contributed by atoms with Gasteiger partial charge in [0.05, 0.1) is 0 Å². The molecular formula is C18H26BrF. The molecular weight excluding hydrogens is 315 g/mol. The molecule has 0 N–H and O–H groups in total. The zero-order valence-electron chi connectivity index (χ0n) is 13.3. The van der Waals surface area contributed by atoms with Crippen LogP contribution >= 0.6 is 15.9 Å². The molecule has 0 saturated heterocycles. The average Bonchev–Trinajstić information content (AvgIpc) is 2.25. The fraction of sp³-hybridized carbons (Fsp3) is 0.667. The van der Waals surface area contributed by atoms with E-state index < -0.39 is 0 Å². The second kappa shape index (κ2) is 5.79. The molecule has 1 aliphatic carbocycles. The molecule has 2 rings (SSSR count). The summed E-state index contributed by atoms with van der Waals surface area (Å²) in [6.07, 6.45) is 3.63. The number of benzene rings is 1. The first-order chi connectivity index (χ1) is 9.23. The third kappa shape index (κ3) is 2.95. The molecule has 1 fully saturated rings. The summed E-state index contributed by atoms with van der Waals surface area (Å²) >= 11 is 3.87. The van der Waals surface area contributed by atoms with E-state index in [0.717, 1.165) is 22.6 Å². The molecule has 112 valence electrons. The van der Waals surface area contributed by atoms with Crippen LogP contribution in [-0.4, -0.2) is 4.83 Å². The van der Waals surface area contributed by atoms with E-state index in [2.05, 4.69) is 42.8 Å². The quantitative estimate of drug-likeness (QED) is 0.586. The van der Waals surface area contributed by atoms with E-state index >= 15 is 0 Å². The third-order valence-corrected chi connectivity index (χ3v) is 6.05. The van der Waals surface area contributed by atoms with Crippen LogP contribution in [0.15, 0.2) is 12.1 Å². The Morgan fingerprint density at radius 2 is 1.85 bits per heavy atom. The number of halogens is 2. The van der Waals surface area contributed by atoms with E-state index in [0.29, 0.717) is 10.7 Å². The Balaban J connectivity index is 2.40. The summed E-state index contributed by atoms with van der Waals surface area (Å²) in [7, 11) is 0. The molecule has 20 heavy (non-hydrogen) atoms. The van der Waals surface area contributed by atoms with Gasteiger partial charge in [-0.2, -0.15) is 0 Å². The lowest BCUT2D eigenvalue weighted by Gasteiger charge is -2.43. The first-order valence-corrected chi connectivity index (χ1v) is 8.56. The van der Waals surface area contributed by atoms with Crippen molar-refractivity contribution in [2.24, 2.45) is 11.8 Å². The molecule has 3 unspecified atom stereocenters. The van der Waals surface area contributed by atoms with Crippen LogP contribution in [0.4, 0.5) is 4.39 Å². The van der Waals surface area contributed by atoms with Crippen molar-refractivity contribution in [3.05, 3.63) is 34.6 Å². The highest BCUT2D eigenvalue weighted by Gasteiger charge is 2.40. The van der Waals surface area contributed by atoms with Crippen molar-refractivity contribution in [2.45, 2.75) is 64.1 Å². The molecule has 0 spiro atoms. The molecule has 2 heteroatoms. The fourth-order valence-corrected chi connectivity index (χ4v) is 5.60. The third-order valence-electron chi connectivity index (χ3n) is 5.04. The van der Waals surface area contributed by atoms with Crippen LogP contribution in [0.1, 0.15) is 56.7 Å². The highest BCUT2D eigenvalue weighted by Crippen LogP contribution is 2.46. The van der Waals surface area contributed by atoms with Crippen LogP contribution in [0.3, 0.4) is 0 Å². The van der Waals surface area contributed by atoms with Gasteiger partial charge in [0.15, 0.2) is 0 Å². The van der Waals surface area contributed by atoms with Gasteiger partial charge in [-0.25, -0.2) is 4.39 Å². The summed E-state index contributed by atoms with van der Waals surface area (Å²) in [4.78, 5) is 0.487. The summed E-state index contributed by atoms with van der Waals surface area (Å²) in [6, 6.07) is 3.79. The molecule has 1 saturated carbocycles. The van der Waals surface area contributed by atoms with Gasteiger partial charge in [-0.3, -0.25) is 0 Å². The van der Waals surface area contributed by atoms with Gasteiger partial charge >= 0.3 is 0 Å². The predicted octanol–water partition coefficient (Wildman–Crippen LogP) is 5.92. The van der Waals surface area contributed by atoms with E-state index in [1.807, 2.05) is 13.8 Å². The zero-order valence-corrected chi connectivity index (χ0v) is 14.8. The number of alkyl halides is 1. The predicted molar refractivity (Wildman–Crippen MR) is 88.1 cm³/mol. The van der Waals surface area contributed by atoms with Crippen molar-refractivity contribution >= 4 is 15.9 Å². The molecule has 0 nitrogen and oxygen atoms in total. The minimum atomic E-state index is -0.129. The lowest BCUT2D eigenvalue weighted by atomic mass is 9.65. The minimum absolute atomic E-state index is 0.0363. The van der Waals surface area contributed by atoms with E-state index in [1.165, 1.54) is 19.3 Å². The van der Waals surface area contributed by atoms with Crippen LogP contribution < -0.4 is 0 Å². The molecule has 1 aromatic rings. The molecule has 3 atom stereocenters. The summed E-state index contributed by atoms with van der Waals surface area (Å²) < 4.78 is 14.6. The molecule has 0 aliphatic heterocycles. The number of hydrogen-bond donors (Lipinski definition) is 0. The van der Waals surface area contributed by atoms with E-state index in [-0.39, 0.29) is 11.2 Å². The molecule has 0 aromatic heterocycles. The Bertz CT molecular complexity index is 469. The van der Waals surface area contributed by atoms with Gasteiger partial charge in [-0.1, -0.05) is 49.2 Å². The second-order valence-electron chi connectivity index (χ2n) is 7.20. The molecule has 1 aromatic carbocycles. The van der Waals surface area contributed by atoms with Crippen LogP contribution in [0.25, 0.3) is 0 Å². The molecule has 0 radical (unpaired) electrons. The smallest absolute Gasteiger partial charge is 0.127 e. The molecule has 0 bridgehead atoms. The van der Waals surface area contributed by atoms with Gasteiger partial charge in [0.2, 0.25) is 0 Å². The molecule has 0 amide bonds. The van der Waals surface area contributed by atoms with Gasteiger partial charge in [-0.15, -0.1) is 0 Å². The maximum absolute atomic E-state index is 14.6. The number of hydrogen-bond acceptors (Lipinski definition) is 0. The number of rotatable bonds is 2. The summed E-state index contributed by atoms with van der Waals surface area (Å²) in [5.74, 6) is 1.23. The van der Waals surface area contributed by atoms with Crippen molar-refractivity contribution in [3.8, 4) is 0 Å². The molecule has 1 aliphatic rings. The summed E-state index contributed by atoms with van der Waals surface area (Å²) in [5, 5.41) is 0. The normalized spacial score (nSPS) is 27.6. The van der Waals surface area contributed by atoms with Gasteiger partial charge in [0, 0.05) is 4.83 Å². The van der Waals surface area contributed by atoms with Crippen molar-refractivity contribution in [2.75, 3.05) is 0 Å². The Morgan fingerprint density at radius 3 is 2.40 bits per heavy atom. The maximum atomic E-state index is 14.6. The van der Waals surface area contributed by atoms with Crippen molar-refractivity contribution in [1.29, 1.82) is 0 Å². The van der Waals surface area contributed by atoms with Crippen molar-refractivity contribution < 1.29 is 4.39 Å². The topological polar surface area (TPSA) is 0 Å². The van der Waals surface area contributed by atoms with Crippen molar-refractivity contribution in [3.63, 3.8) is 0 Å². The van der Waals surface area contributed by atoms with Crippen LogP contribution in [0.5, 0.6) is 0 Å². The standard InChI is InChI=1S/C18H26BrF/c1-11-6-7-14(15(19)9-11)18(4,5)17-13(3)8-12(2)10-16(17)20/h8,10-11,14-15H,6-7,9H2,1-5H3. The van der Waals surface area contributed by atoms with Crippen LogP contribution in [0.2, 0.25) is 0 Å². The Morgan fingerprint density at radius 1 is 1.20 bits per heavy atom. The Kier molecular flexibility index (Phi) is 4.63. The van der Waals surface area contributed by atoms with Crippen LogP contribution in [-0.2, 0) is 5.41 Å². The Labute approximate surface area is 131 Å². The maximum Gasteiger partial charge on any atom is 0.127 e. The van der Waals surface area contributed by atoms with Gasteiger partial charge in [0.25, 0.3) is 0 Å². The van der Waals surface area contributed by atoms with E-state index in [9.17, 15) is 4.39 Å². The minimum Gasteiger partial charge on any atom is -0.207 e. The van der Waals surface area contributed by atoms with Crippen molar-refractivity contribution in [1.82, 2.24) is 0 Å². The molecule has 0 heterocycles. The zero-order chi connectivity index (χ0) is 15.1. The van der Waals surface area contributed by atoms with E-state index in [1.54, 1.807) is 6.07 Å². The second-order valence-corrected chi connectivity index (χ2v) is 8.38. The average molecular weight is 341 g/mol. The first kappa shape index (κ1) is 16.0. The van der Waals surface area contributed by atoms with Gasteiger partial charge in [0.1, 0.15) is 5.82 Å².